The number of hydrogen-bond acceptors (Lipinski definition) is 2. The average molecular weight is 120 g/mol. The molecule has 2 heteroatoms. The maximum Gasteiger partial charge on any atom is 0.0606 e. The van der Waals surface area contributed by atoms with Gasteiger partial charge in [-0.1, -0.05) is 0 Å². The maximum atomic E-state index is 7.31. The lowest BCUT2D eigenvalue weighted by molar-refractivity contribution is 0.914. The molecular formula is C7H8N2. The third kappa shape index (κ3) is 0.626. The molecule has 1 atom stereocenters. The second kappa shape index (κ2) is 1.53. The molecule has 0 saturated heterocycles. The zero-order valence-electron chi connectivity index (χ0n) is 5.09. The molecular weight excluding hydrogens is 112 g/mol. The molecule has 0 saturated carbocycles. The normalized spacial score (nSPS) is 30.9. The van der Waals surface area contributed by atoms with Crippen LogP contribution in [0.4, 0.5) is 0 Å². The number of aliphatic imine (C=N–C) groups is 1. The maximum absolute atomic E-state index is 7.31. The van der Waals surface area contributed by atoms with Gasteiger partial charge in [0.2, 0.25) is 0 Å². The van der Waals surface area contributed by atoms with Crippen LogP contribution in [-0.4, -0.2) is 18.5 Å². The quantitative estimate of drug-likeness (QED) is 0.496. The number of nitrogens with zero attached hydrogens (tertiary/aromatic N) is 1. The van der Waals surface area contributed by atoms with Crippen LogP contribution in [0.2, 0.25) is 0 Å². The highest BCUT2D eigenvalue weighted by Gasteiger charge is 2.23. The highest BCUT2D eigenvalue weighted by Crippen LogP contribution is 2.25. The Labute approximate surface area is 53.8 Å². The van der Waals surface area contributed by atoms with Crippen molar-refractivity contribution < 1.29 is 0 Å². The van der Waals surface area contributed by atoms with E-state index < -0.39 is 0 Å². The average Bonchev–Trinajstić information content (AvgIpc) is 2.22. The van der Waals surface area contributed by atoms with E-state index in [0.29, 0.717) is 5.92 Å². The molecule has 0 fully saturated rings. The van der Waals surface area contributed by atoms with Crippen molar-refractivity contribution in [3.63, 3.8) is 0 Å². The summed E-state index contributed by atoms with van der Waals surface area (Å²) in [5.41, 5.74) is 2.10. The summed E-state index contributed by atoms with van der Waals surface area (Å²) in [6, 6.07) is 0. The molecule has 2 nitrogen and oxygen atoms in total. The molecule has 2 aliphatic rings. The minimum atomic E-state index is 0.498. The van der Waals surface area contributed by atoms with E-state index >= 15 is 0 Å². The zero-order chi connectivity index (χ0) is 6.27. The first-order valence-corrected chi connectivity index (χ1v) is 3.14. The van der Waals surface area contributed by atoms with E-state index in [1.807, 2.05) is 12.3 Å². The van der Waals surface area contributed by atoms with Crippen molar-refractivity contribution in [3.05, 3.63) is 11.6 Å². The minimum Gasteiger partial charge on any atom is -0.305 e. The first-order valence-electron chi connectivity index (χ1n) is 3.14. The Bertz CT molecular complexity index is 213. The molecule has 46 valence electrons. The van der Waals surface area contributed by atoms with E-state index in [4.69, 9.17) is 5.41 Å². The van der Waals surface area contributed by atoms with Gasteiger partial charge in [0.1, 0.15) is 0 Å². The van der Waals surface area contributed by atoms with Gasteiger partial charge in [-0.05, 0) is 11.6 Å². The van der Waals surface area contributed by atoms with E-state index in [9.17, 15) is 0 Å². The highest BCUT2D eigenvalue weighted by atomic mass is 14.8. The molecule has 0 aromatic carbocycles. The van der Waals surface area contributed by atoms with Gasteiger partial charge in [-0.15, -0.1) is 0 Å². The van der Waals surface area contributed by atoms with Crippen LogP contribution in [0, 0.1) is 11.3 Å². The van der Waals surface area contributed by atoms with Crippen LogP contribution in [0.3, 0.4) is 0 Å². The molecule has 0 aromatic heterocycles. The fourth-order valence-electron chi connectivity index (χ4n) is 1.35. The van der Waals surface area contributed by atoms with Crippen LogP contribution in [0.5, 0.6) is 0 Å². The molecule has 0 spiro atoms. The SMILES string of the molecule is N=C1C=C2CN=C[C@@H]2C1. The number of rotatable bonds is 0. The van der Waals surface area contributed by atoms with Crippen molar-refractivity contribution in [2.24, 2.45) is 10.9 Å². The Morgan fingerprint density at radius 1 is 1.67 bits per heavy atom. The Kier molecular flexibility index (Phi) is 0.835. The van der Waals surface area contributed by atoms with Crippen LogP contribution < -0.4 is 0 Å². The third-order valence-corrected chi connectivity index (χ3v) is 1.83. The van der Waals surface area contributed by atoms with E-state index in [1.165, 1.54) is 5.57 Å². The number of nitrogens with one attached hydrogen (secondary N) is 1. The molecule has 0 amide bonds. The molecule has 1 aliphatic carbocycles. The fourth-order valence-corrected chi connectivity index (χ4v) is 1.35. The van der Waals surface area contributed by atoms with Crippen molar-refractivity contribution in [1.82, 2.24) is 0 Å². The summed E-state index contributed by atoms with van der Waals surface area (Å²) >= 11 is 0. The first-order chi connectivity index (χ1) is 4.36. The van der Waals surface area contributed by atoms with E-state index in [-0.39, 0.29) is 0 Å². The van der Waals surface area contributed by atoms with Crippen LogP contribution >= 0.6 is 0 Å². The second-order valence-electron chi connectivity index (χ2n) is 2.54. The van der Waals surface area contributed by atoms with Crippen LogP contribution in [0.1, 0.15) is 6.42 Å². The Hall–Kier alpha value is -0.920. The van der Waals surface area contributed by atoms with Crippen LogP contribution in [-0.2, 0) is 0 Å². The highest BCUT2D eigenvalue weighted by molar-refractivity contribution is 6.00. The number of allylic oxidation sites excluding steroid dienone is 1. The van der Waals surface area contributed by atoms with Gasteiger partial charge in [-0.25, -0.2) is 0 Å². The van der Waals surface area contributed by atoms with Crippen LogP contribution in [0.25, 0.3) is 0 Å². The molecule has 2 rings (SSSR count). The van der Waals surface area contributed by atoms with Crippen molar-refractivity contribution in [2.45, 2.75) is 6.42 Å². The molecule has 1 heterocycles. The Balaban J connectivity index is 2.33. The summed E-state index contributed by atoms with van der Waals surface area (Å²) < 4.78 is 0. The smallest absolute Gasteiger partial charge is 0.0606 e. The lowest BCUT2D eigenvalue weighted by Crippen LogP contribution is -1.96. The number of hydrogen-bond donors (Lipinski definition) is 1. The van der Waals surface area contributed by atoms with E-state index in [2.05, 4.69) is 4.99 Å². The molecule has 0 bridgehead atoms. The van der Waals surface area contributed by atoms with E-state index in [1.54, 1.807) is 0 Å². The molecule has 1 N–H and O–H groups in total. The van der Waals surface area contributed by atoms with Gasteiger partial charge < -0.3 is 5.41 Å². The fraction of sp³-hybridized carbons (Fsp3) is 0.429. The predicted octanol–water partition coefficient (Wildman–Crippen LogP) is 1.04. The van der Waals surface area contributed by atoms with Crippen LogP contribution in [0.15, 0.2) is 16.6 Å². The van der Waals surface area contributed by atoms with E-state index in [0.717, 1.165) is 18.7 Å². The summed E-state index contributed by atoms with van der Waals surface area (Å²) in [4.78, 5) is 4.11. The molecule has 1 aliphatic heterocycles. The van der Waals surface area contributed by atoms with Gasteiger partial charge in [-0.2, -0.15) is 0 Å². The third-order valence-electron chi connectivity index (χ3n) is 1.83. The standard InChI is InChI=1S/C7H8N2/c8-7-1-5-3-9-4-6(5)2-7/h1,4,6,8H,2-3H2/t6-/m0/s1. The van der Waals surface area contributed by atoms with Gasteiger partial charge in [0, 0.05) is 24.3 Å². The lowest BCUT2D eigenvalue weighted by atomic mass is 10.1. The van der Waals surface area contributed by atoms with Gasteiger partial charge >= 0.3 is 0 Å². The Morgan fingerprint density at radius 3 is 3.33 bits per heavy atom. The topological polar surface area (TPSA) is 36.2 Å². The van der Waals surface area contributed by atoms with Gasteiger partial charge in [-0.3, -0.25) is 4.99 Å². The molecule has 9 heavy (non-hydrogen) atoms. The zero-order valence-corrected chi connectivity index (χ0v) is 5.09. The minimum absolute atomic E-state index is 0.498. The summed E-state index contributed by atoms with van der Waals surface area (Å²) in [6.07, 6.45) is 4.81. The van der Waals surface area contributed by atoms with Crippen molar-refractivity contribution >= 4 is 11.9 Å². The molecule has 0 unspecified atom stereocenters. The van der Waals surface area contributed by atoms with Crippen molar-refractivity contribution in [2.75, 3.05) is 6.54 Å². The summed E-state index contributed by atoms with van der Waals surface area (Å²) in [6.45, 7) is 0.840. The van der Waals surface area contributed by atoms with Gasteiger partial charge in [0.15, 0.2) is 0 Å². The predicted molar refractivity (Wildman–Crippen MR) is 37.3 cm³/mol. The monoisotopic (exact) mass is 120 g/mol. The number of fused-ring (bicyclic) bond motifs is 1. The van der Waals surface area contributed by atoms with Crippen molar-refractivity contribution in [3.8, 4) is 0 Å². The first kappa shape index (κ1) is 4.91. The molecule has 0 aromatic rings. The summed E-state index contributed by atoms with van der Waals surface area (Å²) in [7, 11) is 0. The van der Waals surface area contributed by atoms with Gasteiger partial charge in [0.05, 0.1) is 6.54 Å². The summed E-state index contributed by atoms with van der Waals surface area (Å²) in [5.74, 6) is 0.498. The molecule has 0 radical (unpaired) electrons. The van der Waals surface area contributed by atoms with Crippen molar-refractivity contribution in [1.29, 1.82) is 5.41 Å². The summed E-state index contributed by atoms with van der Waals surface area (Å²) in [5, 5.41) is 7.31. The lowest BCUT2D eigenvalue weighted by Gasteiger charge is -1.94. The Morgan fingerprint density at radius 2 is 2.56 bits per heavy atom. The second-order valence-corrected chi connectivity index (χ2v) is 2.54. The largest absolute Gasteiger partial charge is 0.305 e. The van der Waals surface area contributed by atoms with Gasteiger partial charge in [0.25, 0.3) is 0 Å².